The van der Waals surface area contributed by atoms with E-state index in [0.29, 0.717) is 29.4 Å². The molecule has 114 valence electrons. The zero-order valence-electron chi connectivity index (χ0n) is 13.0. The third-order valence-corrected chi connectivity index (χ3v) is 7.01. The molecule has 3 aliphatic carbocycles. The molecular weight excluding hydrogens is 260 g/mol. The fourth-order valence-corrected chi connectivity index (χ4v) is 5.84. The Morgan fingerprint density at radius 1 is 1.14 bits per heavy atom. The maximum absolute atomic E-state index is 10.4. The standard InChI is InChI=1S/C19H26O2/c1-11-9-16-14(13-4-3-12(20)10-15(11)13)7-8-19(2)17(16)5-6-18(19)21/h3-4,10-11,14,16-18,20-21H,5-9H2,1-2H3/t11-,14-,16-,17?,18?,19+/m1/s1. The minimum absolute atomic E-state index is 0.0972. The van der Waals surface area contributed by atoms with Gasteiger partial charge in [-0.15, -0.1) is 0 Å². The van der Waals surface area contributed by atoms with E-state index in [2.05, 4.69) is 19.9 Å². The van der Waals surface area contributed by atoms with Crippen LogP contribution in [-0.2, 0) is 0 Å². The largest absolute Gasteiger partial charge is 0.508 e. The average Bonchev–Trinajstić information content (AvgIpc) is 2.76. The Morgan fingerprint density at radius 2 is 1.95 bits per heavy atom. The van der Waals surface area contributed by atoms with Gasteiger partial charge in [0.1, 0.15) is 5.75 Å². The Hall–Kier alpha value is -1.02. The highest BCUT2D eigenvalue weighted by atomic mass is 16.3. The van der Waals surface area contributed by atoms with Gasteiger partial charge in [-0.1, -0.05) is 19.9 Å². The monoisotopic (exact) mass is 286 g/mol. The summed E-state index contributed by atoms with van der Waals surface area (Å²) in [5.74, 6) is 2.95. The maximum Gasteiger partial charge on any atom is 0.115 e. The third-order valence-electron chi connectivity index (χ3n) is 7.01. The molecule has 0 radical (unpaired) electrons. The molecule has 0 aliphatic heterocycles. The molecule has 0 aromatic heterocycles. The molecule has 6 atom stereocenters. The van der Waals surface area contributed by atoms with Gasteiger partial charge >= 0.3 is 0 Å². The van der Waals surface area contributed by atoms with Gasteiger partial charge in [0.05, 0.1) is 6.10 Å². The van der Waals surface area contributed by atoms with Gasteiger partial charge < -0.3 is 10.2 Å². The first kappa shape index (κ1) is 13.6. The minimum Gasteiger partial charge on any atom is -0.508 e. The number of benzene rings is 1. The lowest BCUT2D eigenvalue weighted by Crippen LogP contribution is -2.44. The summed E-state index contributed by atoms with van der Waals surface area (Å²) in [5, 5.41) is 20.2. The van der Waals surface area contributed by atoms with E-state index in [0.717, 1.165) is 12.8 Å². The number of rotatable bonds is 0. The van der Waals surface area contributed by atoms with Crippen molar-refractivity contribution in [3.05, 3.63) is 29.3 Å². The van der Waals surface area contributed by atoms with E-state index in [1.165, 1.54) is 30.4 Å². The zero-order valence-corrected chi connectivity index (χ0v) is 13.0. The van der Waals surface area contributed by atoms with Crippen LogP contribution in [-0.4, -0.2) is 16.3 Å². The second-order valence-electron chi connectivity index (χ2n) is 7.96. The van der Waals surface area contributed by atoms with Crippen molar-refractivity contribution in [2.45, 2.75) is 63.9 Å². The van der Waals surface area contributed by atoms with Crippen LogP contribution in [0.2, 0.25) is 0 Å². The molecule has 1 aromatic rings. The molecule has 2 heteroatoms. The summed E-state index contributed by atoms with van der Waals surface area (Å²) < 4.78 is 0. The topological polar surface area (TPSA) is 40.5 Å². The molecule has 1 aromatic carbocycles. The minimum atomic E-state index is -0.0972. The van der Waals surface area contributed by atoms with Gasteiger partial charge in [0.15, 0.2) is 0 Å². The van der Waals surface area contributed by atoms with Crippen LogP contribution in [0.25, 0.3) is 0 Å². The first-order valence-corrected chi connectivity index (χ1v) is 8.51. The lowest BCUT2D eigenvalue weighted by molar-refractivity contribution is -0.0245. The Labute approximate surface area is 127 Å². The molecule has 0 amide bonds. The number of fused-ring (bicyclic) bond motifs is 5. The fraction of sp³-hybridized carbons (Fsp3) is 0.684. The number of aliphatic hydroxyl groups excluding tert-OH is 1. The van der Waals surface area contributed by atoms with Crippen molar-refractivity contribution in [2.24, 2.45) is 17.3 Å². The number of hydrogen-bond acceptors (Lipinski definition) is 2. The van der Waals surface area contributed by atoms with Crippen molar-refractivity contribution < 1.29 is 10.2 Å². The summed E-state index contributed by atoms with van der Waals surface area (Å²) in [6.07, 6.45) is 5.64. The van der Waals surface area contributed by atoms with Crippen molar-refractivity contribution in [2.75, 3.05) is 0 Å². The summed E-state index contributed by atoms with van der Waals surface area (Å²) >= 11 is 0. The van der Waals surface area contributed by atoms with Gasteiger partial charge in [-0.3, -0.25) is 0 Å². The molecule has 0 saturated heterocycles. The average molecular weight is 286 g/mol. The Bertz CT molecular complexity index is 567. The molecule has 2 fully saturated rings. The molecule has 0 spiro atoms. The van der Waals surface area contributed by atoms with Crippen molar-refractivity contribution in [3.63, 3.8) is 0 Å². The van der Waals surface area contributed by atoms with Gasteiger partial charge in [-0.05, 0) is 84.5 Å². The lowest BCUT2D eigenvalue weighted by atomic mass is 9.54. The van der Waals surface area contributed by atoms with Gasteiger partial charge in [-0.25, -0.2) is 0 Å². The molecule has 2 unspecified atom stereocenters. The van der Waals surface area contributed by atoms with Crippen LogP contribution in [0.3, 0.4) is 0 Å². The van der Waals surface area contributed by atoms with Crippen molar-refractivity contribution in [3.8, 4) is 5.75 Å². The SMILES string of the molecule is C[C@@H]1C[C@H]2C3CCC(O)[C@@]3(C)CC[C@@H]2c2ccc(O)cc21. The Kier molecular flexibility index (Phi) is 2.91. The van der Waals surface area contributed by atoms with E-state index < -0.39 is 0 Å². The smallest absolute Gasteiger partial charge is 0.115 e. The van der Waals surface area contributed by atoms with Crippen LogP contribution in [0.15, 0.2) is 18.2 Å². The lowest BCUT2D eigenvalue weighted by Gasteiger charge is -2.51. The molecule has 4 rings (SSSR count). The summed E-state index contributed by atoms with van der Waals surface area (Å²) in [6, 6.07) is 5.99. The highest BCUT2D eigenvalue weighted by molar-refractivity contribution is 5.42. The van der Waals surface area contributed by atoms with Crippen LogP contribution in [0.5, 0.6) is 5.75 Å². The van der Waals surface area contributed by atoms with Gasteiger partial charge in [0.25, 0.3) is 0 Å². The number of phenols is 1. The number of phenolic OH excluding ortho intramolecular Hbond substituents is 1. The summed E-state index contributed by atoms with van der Waals surface area (Å²) in [4.78, 5) is 0. The Morgan fingerprint density at radius 3 is 2.76 bits per heavy atom. The predicted octanol–water partition coefficient (Wildman–Crippen LogP) is 4.17. The van der Waals surface area contributed by atoms with Crippen molar-refractivity contribution >= 4 is 0 Å². The van der Waals surface area contributed by atoms with Crippen molar-refractivity contribution in [1.82, 2.24) is 0 Å². The second kappa shape index (κ2) is 4.49. The van der Waals surface area contributed by atoms with E-state index in [1.54, 1.807) is 0 Å². The molecule has 0 bridgehead atoms. The van der Waals surface area contributed by atoms with E-state index in [1.807, 2.05) is 12.1 Å². The zero-order chi connectivity index (χ0) is 14.8. The van der Waals surface area contributed by atoms with Crippen LogP contribution in [0.1, 0.15) is 68.9 Å². The summed E-state index contributed by atoms with van der Waals surface area (Å²) in [5.41, 5.74) is 2.98. The number of hydrogen-bond donors (Lipinski definition) is 2. The highest BCUT2D eigenvalue weighted by Crippen LogP contribution is 2.62. The predicted molar refractivity (Wildman–Crippen MR) is 83.4 cm³/mol. The quantitative estimate of drug-likeness (QED) is 0.751. The molecule has 2 saturated carbocycles. The second-order valence-corrected chi connectivity index (χ2v) is 7.96. The first-order valence-electron chi connectivity index (χ1n) is 8.51. The van der Waals surface area contributed by atoms with Crippen LogP contribution >= 0.6 is 0 Å². The van der Waals surface area contributed by atoms with Gasteiger partial charge in [-0.2, -0.15) is 0 Å². The molecule has 0 heterocycles. The van der Waals surface area contributed by atoms with E-state index in [4.69, 9.17) is 0 Å². The van der Waals surface area contributed by atoms with E-state index in [-0.39, 0.29) is 11.5 Å². The number of aromatic hydroxyl groups is 1. The molecular formula is C19H26O2. The number of aliphatic hydroxyl groups is 1. The van der Waals surface area contributed by atoms with Crippen molar-refractivity contribution in [1.29, 1.82) is 0 Å². The van der Waals surface area contributed by atoms with E-state index >= 15 is 0 Å². The summed E-state index contributed by atoms with van der Waals surface area (Å²) in [6.45, 7) is 4.62. The first-order chi connectivity index (χ1) is 10.0. The van der Waals surface area contributed by atoms with Gasteiger partial charge in [0, 0.05) is 0 Å². The molecule has 2 N–H and O–H groups in total. The van der Waals surface area contributed by atoms with Crippen LogP contribution in [0.4, 0.5) is 0 Å². The molecule has 2 nitrogen and oxygen atoms in total. The highest BCUT2D eigenvalue weighted by Gasteiger charge is 2.54. The summed E-state index contributed by atoms with van der Waals surface area (Å²) in [7, 11) is 0. The van der Waals surface area contributed by atoms with E-state index in [9.17, 15) is 10.2 Å². The van der Waals surface area contributed by atoms with Crippen LogP contribution < -0.4 is 0 Å². The Balaban J connectivity index is 1.75. The molecule has 3 aliphatic rings. The maximum atomic E-state index is 10.4. The normalized spacial score (nSPS) is 44.8. The third kappa shape index (κ3) is 1.81. The van der Waals surface area contributed by atoms with Gasteiger partial charge in [0.2, 0.25) is 0 Å². The molecule has 21 heavy (non-hydrogen) atoms. The fourth-order valence-electron chi connectivity index (χ4n) is 5.84. The van der Waals surface area contributed by atoms with Crippen LogP contribution in [0, 0.1) is 17.3 Å².